The predicted molar refractivity (Wildman–Crippen MR) is 42.3 cm³/mol. The average molecular weight is 168 g/mol. The highest BCUT2D eigenvalue weighted by molar-refractivity contribution is 5.97. The van der Waals surface area contributed by atoms with Gasteiger partial charge in [-0.15, -0.1) is 0 Å². The fourth-order valence-electron chi connectivity index (χ4n) is 1.92. The topological polar surface area (TPSA) is 49.4 Å². The van der Waals surface area contributed by atoms with Gasteiger partial charge in [0.05, 0.1) is 0 Å². The van der Waals surface area contributed by atoms with Crippen LogP contribution in [-0.4, -0.2) is 35.3 Å². The Kier molecular flexibility index (Phi) is 1.56. The van der Waals surface area contributed by atoms with E-state index < -0.39 is 0 Å². The summed E-state index contributed by atoms with van der Waals surface area (Å²) in [5, 5.41) is 2.67. The zero-order valence-corrected chi connectivity index (χ0v) is 7.04. The van der Waals surface area contributed by atoms with Gasteiger partial charge in [-0.2, -0.15) is 0 Å². The summed E-state index contributed by atoms with van der Waals surface area (Å²) in [6.07, 6.45) is 1.78. The lowest BCUT2D eigenvalue weighted by molar-refractivity contribution is -0.146. The van der Waals surface area contributed by atoms with Crippen molar-refractivity contribution in [2.75, 3.05) is 6.54 Å². The summed E-state index contributed by atoms with van der Waals surface area (Å²) >= 11 is 0. The number of carbonyl (C=O) groups excluding carboxylic acids is 2. The molecule has 0 aliphatic carbocycles. The summed E-state index contributed by atoms with van der Waals surface area (Å²) in [7, 11) is 0. The summed E-state index contributed by atoms with van der Waals surface area (Å²) < 4.78 is 0. The Morgan fingerprint density at radius 1 is 1.50 bits per heavy atom. The van der Waals surface area contributed by atoms with Crippen LogP contribution in [0.3, 0.4) is 0 Å². The zero-order valence-electron chi connectivity index (χ0n) is 7.04. The Bertz CT molecular complexity index is 239. The second-order valence-corrected chi connectivity index (χ2v) is 3.42. The number of fused-ring (bicyclic) bond motifs is 1. The van der Waals surface area contributed by atoms with E-state index in [1.165, 1.54) is 0 Å². The quantitative estimate of drug-likeness (QED) is 0.530. The predicted octanol–water partition coefficient (Wildman–Crippen LogP) is -0.504. The van der Waals surface area contributed by atoms with E-state index in [4.69, 9.17) is 0 Å². The first-order valence-electron chi connectivity index (χ1n) is 4.31. The summed E-state index contributed by atoms with van der Waals surface area (Å²) in [5.41, 5.74) is 0. The fourth-order valence-corrected chi connectivity index (χ4v) is 1.92. The van der Waals surface area contributed by atoms with Crippen LogP contribution in [0.15, 0.2) is 0 Å². The molecule has 2 aliphatic heterocycles. The summed E-state index contributed by atoms with van der Waals surface area (Å²) in [5.74, 6) is 0.0803. The van der Waals surface area contributed by atoms with Gasteiger partial charge in [0.2, 0.25) is 11.8 Å². The van der Waals surface area contributed by atoms with Crippen molar-refractivity contribution in [2.24, 2.45) is 0 Å². The van der Waals surface area contributed by atoms with E-state index in [0.717, 1.165) is 19.4 Å². The molecule has 1 N–H and O–H groups in total. The average Bonchev–Trinajstić information content (AvgIpc) is 2.48. The Hall–Kier alpha value is -1.06. The monoisotopic (exact) mass is 168 g/mol. The fraction of sp³-hybridized carbons (Fsp3) is 0.750. The first-order valence-corrected chi connectivity index (χ1v) is 4.31. The Balaban J connectivity index is 2.23. The van der Waals surface area contributed by atoms with Crippen molar-refractivity contribution in [2.45, 2.75) is 31.8 Å². The molecule has 12 heavy (non-hydrogen) atoms. The first-order chi connectivity index (χ1) is 5.70. The summed E-state index contributed by atoms with van der Waals surface area (Å²) in [4.78, 5) is 24.5. The third kappa shape index (κ3) is 0.906. The minimum atomic E-state index is -0.327. The SMILES string of the molecule is C[C@@H]1NC(=O)[C@@H]2CCCN2C1=O. The van der Waals surface area contributed by atoms with Gasteiger partial charge in [0.15, 0.2) is 0 Å². The maximum atomic E-state index is 11.5. The minimum Gasteiger partial charge on any atom is -0.343 e. The normalized spacial score (nSPS) is 34.9. The molecule has 2 saturated heterocycles. The Morgan fingerprint density at radius 2 is 2.25 bits per heavy atom. The van der Waals surface area contributed by atoms with Crippen molar-refractivity contribution in [3.63, 3.8) is 0 Å². The van der Waals surface area contributed by atoms with E-state index >= 15 is 0 Å². The first kappa shape index (κ1) is 7.58. The number of nitrogens with zero attached hydrogens (tertiary/aromatic N) is 1. The lowest BCUT2D eigenvalue weighted by Gasteiger charge is -2.32. The maximum absolute atomic E-state index is 11.5. The van der Waals surface area contributed by atoms with E-state index in [1.807, 2.05) is 0 Å². The third-order valence-electron chi connectivity index (χ3n) is 2.57. The van der Waals surface area contributed by atoms with Crippen LogP contribution < -0.4 is 5.32 Å². The number of rotatable bonds is 0. The Labute approximate surface area is 70.9 Å². The Morgan fingerprint density at radius 3 is 3.00 bits per heavy atom. The van der Waals surface area contributed by atoms with Crippen LogP contribution in [0.4, 0.5) is 0 Å². The van der Waals surface area contributed by atoms with Gasteiger partial charge in [-0.25, -0.2) is 0 Å². The molecular weight excluding hydrogens is 156 g/mol. The van der Waals surface area contributed by atoms with E-state index in [-0.39, 0.29) is 23.9 Å². The van der Waals surface area contributed by atoms with Gasteiger partial charge in [-0.05, 0) is 19.8 Å². The molecule has 4 nitrogen and oxygen atoms in total. The highest BCUT2D eigenvalue weighted by Crippen LogP contribution is 2.21. The number of piperazine rings is 1. The molecule has 2 rings (SSSR count). The van der Waals surface area contributed by atoms with Gasteiger partial charge in [0.25, 0.3) is 0 Å². The van der Waals surface area contributed by atoms with E-state index in [0.29, 0.717) is 0 Å². The lowest BCUT2D eigenvalue weighted by atomic mass is 10.1. The minimum absolute atomic E-state index is 0.0135. The molecule has 4 heteroatoms. The third-order valence-corrected chi connectivity index (χ3v) is 2.57. The molecule has 0 aromatic heterocycles. The standard InChI is InChI=1S/C8H12N2O2/c1-5-8(12)10-4-2-3-6(10)7(11)9-5/h5-6H,2-4H2,1H3,(H,9,11)/t5-,6-/m0/s1. The van der Waals surface area contributed by atoms with E-state index in [2.05, 4.69) is 5.32 Å². The van der Waals surface area contributed by atoms with Crippen LogP contribution in [0, 0.1) is 0 Å². The molecule has 0 spiro atoms. The van der Waals surface area contributed by atoms with Crippen LogP contribution in [0.25, 0.3) is 0 Å². The molecule has 0 aromatic rings. The molecule has 0 radical (unpaired) electrons. The number of hydrogen-bond acceptors (Lipinski definition) is 2. The molecule has 2 amide bonds. The second-order valence-electron chi connectivity index (χ2n) is 3.42. The largest absolute Gasteiger partial charge is 0.343 e. The van der Waals surface area contributed by atoms with Crippen molar-refractivity contribution in [3.05, 3.63) is 0 Å². The van der Waals surface area contributed by atoms with Crippen LogP contribution >= 0.6 is 0 Å². The van der Waals surface area contributed by atoms with Crippen LogP contribution in [0.2, 0.25) is 0 Å². The van der Waals surface area contributed by atoms with Crippen molar-refractivity contribution in [3.8, 4) is 0 Å². The number of nitrogens with one attached hydrogen (secondary N) is 1. The maximum Gasteiger partial charge on any atom is 0.245 e. The lowest BCUT2D eigenvalue weighted by Crippen LogP contribution is -2.59. The van der Waals surface area contributed by atoms with Gasteiger partial charge >= 0.3 is 0 Å². The van der Waals surface area contributed by atoms with Crippen LogP contribution in [-0.2, 0) is 9.59 Å². The molecule has 0 saturated carbocycles. The molecule has 66 valence electrons. The zero-order chi connectivity index (χ0) is 8.72. The molecule has 2 heterocycles. The molecule has 0 bridgehead atoms. The van der Waals surface area contributed by atoms with Crippen molar-refractivity contribution < 1.29 is 9.59 Å². The van der Waals surface area contributed by atoms with Crippen molar-refractivity contribution in [1.82, 2.24) is 10.2 Å². The van der Waals surface area contributed by atoms with E-state index in [1.54, 1.807) is 11.8 Å². The van der Waals surface area contributed by atoms with Gasteiger partial charge in [-0.3, -0.25) is 9.59 Å². The number of amides is 2. The van der Waals surface area contributed by atoms with Crippen LogP contribution in [0.1, 0.15) is 19.8 Å². The van der Waals surface area contributed by atoms with Crippen molar-refractivity contribution >= 4 is 11.8 Å². The van der Waals surface area contributed by atoms with Gasteiger partial charge in [0.1, 0.15) is 12.1 Å². The van der Waals surface area contributed by atoms with Crippen molar-refractivity contribution in [1.29, 1.82) is 0 Å². The van der Waals surface area contributed by atoms with Gasteiger partial charge in [0, 0.05) is 6.54 Å². The molecule has 2 aliphatic rings. The highest BCUT2D eigenvalue weighted by atomic mass is 16.2. The molecule has 0 unspecified atom stereocenters. The summed E-state index contributed by atoms with van der Waals surface area (Å²) in [6, 6.07) is -0.499. The smallest absolute Gasteiger partial charge is 0.245 e. The number of carbonyl (C=O) groups is 2. The number of hydrogen-bond donors (Lipinski definition) is 1. The highest BCUT2D eigenvalue weighted by Gasteiger charge is 2.40. The van der Waals surface area contributed by atoms with Crippen LogP contribution in [0.5, 0.6) is 0 Å². The van der Waals surface area contributed by atoms with Gasteiger partial charge in [-0.1, -0.05) is 0 Å². The van der Waals surface area contributed by atoms with Gasteiger partial charge < -0.3 is 10.2 Å². The molecule has 0 aromatic carbocycles. The molecule has 2 fully saturated rings. The second kappa shape index (κ2) is 2.47. The summed E-state index contributed by atoms with van der Waals surface area (Å²) in [6.45, 7) is 2.48. The molecule has 2 atom stereocenters. The van der Waals surface area contributed by atoms with E-state index in [9.17, 15) is 9.59 Å². The molecular formula is C8H12N2O2.